The maximum Gasteiger partial charge on any atom is 0.330 e. The Balaban J connectivity index is 2.94. The van der Waals surface area contributed by atoms with Crippen LogP contribution >= 0.6 is 22.6 Å². The van der Waals surface area contributed by atoms with Crippen LogP contribution in [0.1, 0.15) is 23.1 Å². The first-order valence-electron chi connectivity index (χ1n) is 4.96. The largest absolute Gasteiger partial charge is 0.466 e. The van der Waals surface area contributed by atoms with Gasteiger partial charge in [-0.15, -0.1) is 0 Å². The number of carbonyl (C=O) groups excluding carboxylic acids is 2. The van der Waals surface area contributed by atoms with Gasteiger partial charge in [-0.1, -0.05) is 6.08 Å². The summed E-state index contributed by atoms with van der Waals surface area (Å²) in [5.41, 5.74) is 1.60. The summed E-state index contributed by atoms with van der Waals surface area (Å²) in [5.74, 6) is -0.553. The van der Waals surface area contributed by atoms with Gasteiger partial charge in [-0.05, 0) is 29.5 Å². The lowest BCUT2D eigenvalue weighted by Gasteiger charge is -2.00. The van der Waals surface area contributed by atoms with Gasteiger partial charge < -0.3 is 4.74 Å². The van der Waals surface area contributed by atoms with E-state index in [0.29, 0.717) is 6.42 Å². The number of ether oxygens (including phenoxy) is 1. The van der Waals surface area contributed by atoms with Crippen LogP contribution in [0.2, 0.25) is 0 Å². The lowest BCUT2D eigenvalue weighted by Crippen LogP contribution is -2.11. The molecule has 1 aromatic heterocycles. The summed E-state index contributed by atoms with van der Waals surface area (Å²) in [6.07, 6.45) is 3.46. The molecular weight excluding hydrogens is 335 g/mol. The molecule has 0 aliphatic rings. The van der Waals surface area contributed by atoms with E-state index in [4.69, 9.17) is 0 Å². The van der Waals surface area contributed by atoms with Gasteiger partial charge in [0, 0.05) is 19.4 Å². The monoisotopic (exact) mass is 348 g/mol. The highest BCUT2D eigenvalue weighted by molar-refractivity contribution is 14.1. The smallest absolute Gasteiger partial charge is 0.330 e. The Bertz CT molecular complexity index is 477. The van der Waals surface area contributed by atoms with Crippen molar-refractivity contribution in [2.75, 3.05) is 7.11 Å². The van der Waals surface area contributed by atoms with E-state index in [2.05, 4.69) is 32.4 Å². The number of halogens is 1. The van der Waals surface area contributed by atoms with E-state index < -0.39 is 5.97 Å². The Morgan fingerprint density at radius 2 is 2.18 bits per heavy atom. The SMILES string of the molecule is COC(=O)/C=C/Cc1c(I)c(C)nn1C(C)=O. The summed E-state index contributed by atoms with van der Waals surface area (Å²) < 4.78 is 6.78. The number of esters is 1. The van der Waals surface area contributed by atoms with E-state index in [1.165, 1.54) is 24.8 Å². The van der Waals surface area contributed by atoms with Crippen LogP contribution in [-0.4, -0.2) is 28.8 Å². The maximum absolute atomic E-state index is 11.4. The van der Waals surface area contributed by atoms with Crippen molar-refractivity contribution >= 4 is 34.5 Å². The first-order valence-corrected chi connectivity index (χ1v) is 6.04. The van der Waals surface area contributed by atoms with Gasteiger partial charge in [-0.25, -0.2) is 9.48 Å². The van der Waals surface area contributed by atoms with Crippen molar-refractivity contribution in [3.05, 3.63) is 27.1 Å². The average Bonchev–Trinajstić information content (AvgIpc) is 2.57. The van der Waals surface area contributed by atoms with E-state index in [1.54, 1.807) is 6.08 Å². The minimum atomic E-state index is -0.411. The van der Waals surface area contributed by atoms with Crippen LogP contribution in [0, 0.1) is 10.5 Å². The zero-order chi connectivity index (χ0) is 13.0. The van der Waals surface area contributed by atoms with Gasteiger partial charge in [-0.3, -0.25) is 4.79 Å². The Kier molecular flexibility index (Phi) is 4.86. The first kappa shape index (κ1) is 13.9. The second-order valence-corrected chi connectivity index (χ2v) is 4.49. The molecule has 0 radical (unpaired) electrons. The summed E-state index contributed by atoms with van der Waals surface area (Å²) in [5, 5.41) is 4.14. The molecule has 1 rings (SSSR count). The molecule has 0 saturated carbocycles. The molecule has 6 heteroatoms. The quantitative estimate of drug-likeness (QED) is 0.474. The number of nitrogens with zero attached hydrogens (tertiary/aromatic N) is 2. The van der Waals surface area contributed by atoms with Gasteiger partial charge in [-0.2, -0.15) is 5.10 Å². The standard InChI is InChI=1S/C11H13IN2O3/c1-7-11(12)9(14(13-7)8(2)15)5-4-6-10(16)17-3/h4,6H,5H2,1-3H3/b6-4+. The predicted molar refractivity (Wildman–Crippen MR) is 70.8 cm³/mol. The van der Waals surface area contributed by atoms with Crippen LogP contribution in [-0.2, 0) is 16.0 Å². The van der Waals surface area contributed by atoms with E-state index in [0.717, 1.165) is 15.0 Å². The van der Waals surface area contributed by atoms with Crippen molar-refractivity contribution in [1.82, 2.24) is 9.78 Å². The Hall–Kier alpha value is -1.18. The van der Waals surface area contributed by atoms with Crippen LogP contribution in [0.25, 0.3) is 0 Å². The first-order chi connectivity index (χ1) is 7.97. The van der Waals surface area contributed by atoms with Gasteiger partial charge in [0.1, 0.15) is 0 Å². The molecule has 5 nitrogen and oxygen atoms in total. The van der Waals surface area contributed by atoms with Gasteiger partial charge in [0.15, 0.2) is 0 Å². The fourth-order valence-electron chi connectivity index (χ4n) is 1.33. The minimum Gasteiger partial charge on any atom is -0.466 e. The van der Waals surface area contributed by atoms with Crippen molar-refractivity contribution in [2.24, 2.45) is 0 Å². The molecule has 0 aliphatic carbocycles. The molecule has 0 aromatic carbocycles. The predicted octanol–water partition coefficient (Wildman–Crippen LogP) is 1.73. The topological polar surface area (TPSA) is 61.2 Å². The molecule has 0 saturated heterocycles. The summed E-state index contributed by atoms with van der Waals surface area (Å²) in [6.45, 7) is 3.30. The number of rotatable bonds is 3. The molecule has 0 amide bonds. The molecule has 0 atom stereocenters. The third kappa shape index (κ3) is 3.39. The molecule has 1 aromatic rings. The summed E-state index contributed by atoms with van der Waals surface area (Å²) in [7, 11) is 1.32. The highest BCUT2D eigenvalue weighted by Crippen LogP contribution is 2.17. The number of aromatic nitrogens is 2. The lowest BCUT2D eigenvalue weighted by atomic mass is 10.2. The summed E-state index contributed by atoms with van der Waals surface area (Å²) in [4.78, 5) is 22.3. The van der Waals surface area contributed by atoms with Gasteiger partial charge in [0.2, 0.25) is 5.91 Å². The van der Waals surface area contributed by atoms with Crippen molar-refractivity contribution in [3.8, 4) is 0 Å². The Morgan fingerprint density at radius 3 is 2.71 bits per heavy atom. The second kappa shape index (κ2) is 5.95. The molecule has 0 N–H and O–H groups in total. The van der Waals surface area contributed by atoms with E-state index >= 15 is 0 Å². The van der Waals surface area contributed by atoms with E-state index in [-0.39, 0.29) is 5.91 Å². The van der Waals surface area contributed by atoms with Gasteiger partial charge in [0.25, 0.3) is 0 Å². The number of carbonyl (C=O) groups is 2. The van der Waals surface area contributed by atoms with E-state index in [9.17, 15) is 9.59 Å². The lowest BCUT2D eigenvalue weighted by molar-refractivity contribution is -0.134. The minimum absolute atomic E-state index is 0.141. The maximum atomic E-state index is 11.4. The second-order valence-electron chi connectivity index (χ2n) is 3.41. The molecule has 0 aliphatic heterocycles. The van der Waals surface area contributed by atoms with Gasteiger partial charge >= 0.3 is 5.97 Å². The fraction of sp³-hybridized carbons (Fsp3) is 0.364. The third-order valence-electron chi connectivity index (χ3n) is 2.14. The van der Waals surface area contributed by atoms with Crippen molar-refractivity contribution in [3.63, 3.8) is 0 Å². The molecule has 92 valence electrons. The van der Waals surface area contributed by atoms with E-state index in [1.807, 2.05) is 6.92 Å². The summed E-state index contributed by atoms with van der Waals surface area (Å²) in [6, 6.07) is 0. The Labute approximate surface area is 113 Å². The number of hydrogen-bond donors (Lipinski definition) is 0. The van der Waals surface area contributed by atoms with Crippen LogP contribution in [0.3, 0.4) is 0 Å². The molecule has 0 fully saturated rings. The molecule has 0 unspecified atom stereocenters. The van der Waals surface area contributed by atoms with Crippen molar-refractivity contribution in [1.29, 1.82) is 0 Å². The number of hydrogen-bond acceptors (Lipinski definition) is 4. The molecule has 0 spiro atoms. The molecular formula is C11H13IN2O3. The van der Waals surface area contributed by atoms with Gasteiger partial charge in [0.05, 0.1) is 22.1 Å². The molecule has 17 heavy (non-hydrogen) atoms. The number of aryl methyl sites for hydroxylation is 1. The number of allylic oxidation sites excluding steroid dienone is 1. The highest BCUT2D eigenvalue weighted by Gasteiger charge is 2.14. The highest BCUT2D eigenvalue weighted by atomic mass is 127. The summed E-state index contributed by atoms with van der Waals surface area (Å²) >= 11 is 2.14. The van der Waals surface area contributed by atoms with Crippen molar-refractivity contribution in [2.45, 2.75) is 20.3 Å². The van der Waals surface area contributed by atoms with Crippen LogP contribution in [0.15, 0.2) is 12.2 Å². The number of methoxy groups -OCH3 is 1. The van der Waals surface area contributed by atoms with Crippen LogP contribution < -0.4 is 0 Å². The Morgan fingerprint density at radius 1 is 1.53 bits per heavy atom. The normalized spacial score (nSPS) is 10.8. The third-order valence-corrected chi connectivity index (χ3v) is 3.54. The van der Waals surface area contributed by atoms with Crippen LogP contribution in [0.5, 0.6) is 0 Å². The van der Waals surface area contributed by atoms with Crippen LogP contribution in [0.4, 0.5) is 0 Å². The zero-order valence-electron chi connectivity index (χ0n) is 9.86. The molecule has 0 bridgehead atoms. The average molecular weight is 348 g/mol. The van der Waals surface area contributed by atoms with Crippen molar-refractivity contribution < 1.29 is 14.3 Å². The fourth-order valence-corrected chi connectivity index (χ4v) is 1.88. The molecule has 1 heterocycles. The zero-order valence-corrected chi connectivity index (χ0v) is 12.0.